The molecule has 0 amide bonds. The van der Waals surface area contributed by atoms with E-state index in [1.807, 2.05) is 0 Å². The van der Waals surface area contributed by atoms with E-state index in [1.54, 1.807) is 0 Å². The molecule has 1 aromatic rings. The number of nitro benzene ring substituents is 1. The van der Waals surface area contributed by atoms with Gasteiger partial charge in [0, 0.05) is 6.07 Å². The van der Waals surface area contributed by atoms with Crippen LogP contribution in [0.4, 0.5) is 11.4 Å². The van der Waals surface area contributed by atoms with Crippen molar-refractivity contribution in [2.24, 2.45) is 5.90 Å². The Balaban J connectivity index is 3.22. The van der Waals surface area contributed by atoms with Crippen LogP contribution in [0, 0.1) is 15.0 Å². The van der Waals surface area contributed by atoms with Crippen LogP contribution in [0.1, 0.15) is 0 Å². The fourth-order valence-electron chi connectivity index (χ4n) is 0.967. The van der Waals surface area contributed by atoms with Gasteiger partial charge in [-0.05, 0) is 6.07 Å². The topological polar surface area (TPSA) is 108 Å². The molecule has 1 rings (SSSR count). The Hall–Kier alpha value is -2.22. The molecule has 8 nitrogen and oxygen atoms in total. The van der Waals surface area contributed by atoms with Gasteiger partial charge in [0.2, 0.25) is 5.75 Å². The standard InChI is InChI=1S/C7H8N3O5/c1-14-10(13)5-2-3-7(15-8)6(4-5)9(11)12/h2-4H,8H2,1H3/q+1. The molecule has 1 aromatic carbocycles. The number of nitro groups is 1. The second-order valence-corrected chi connectivity index (χ2v) is 2.47. The minimum Gasteiger partial charge on any atom is -0.404 e. The van der Waals surface area contributed by atoms with Gasteiger partial charge in [0.05, 0.1) is 9.83 Å². The third-order valence-electron chi connectivity index (χ3n) is 1.64. The molecule has 0 aliphatic heterocycles. The minimum atomic E-state index is -0.713. The van der Waals surface area contributed by atoms with Crippen molar-refractivity contribution >= 4 is 11.4 Å². The first-order chi connectivity index (χ1) is 7.10. The molecule has 0 aliphatic rings. The van der Waals surface area contributed by atoms with E-state index >= 15 is 0 Å². The molecule has 0 spiro atoms. The Kier molecular flexibility index (Phi) is 3.13. The van der Waals surface area contributed by atoms with Crippen LogP contribution in [0.25, 0.3) is 0 Å². The summed E-state index contributed by atoms with van der Waals surface area (Å²) >= 11 is 0. The van der Waals surface area contributed by atoms with Gasteiger partial charge in [0.25, 0.3) is 4.92 Å². The Morgan fingerprint density at radius 2 is 2.07 bits per heavy atom. The second-order valence-electron chi connectivity index (χ2n) is 2.47. The lowest BCUT2D eigenvalue weighted by Gasteiger charge is -1.98. The maximum Gasteiger partial charge on any atom is 0.323 e. The summed E-state index contributed by atoms with van der Waals surface area (Å²) < 4.78 is 0. The van der Waals surface area contributed by atoms with Crippen LogP contribution >= 0.6 is 0 Å². The molecule has 0 atom stereocenters. The second kappa shape index (κ2) is 4.33. The van der Waals surface area contributed by atoms with Crippen molar-refractivity contribution in [2.75, 3.05) is 7.11 Å². The van der Waals surface area contributed by atoms with Crippen LogP contribution in [-0.4, -0.2) is 17.0 Å². The Morgan fingerprint density at radius 1 is 1.40 bits per heavy atom. The minimum absolute atomic E-state index is 0.0231. The Labute approximate surface area is 83.8 Å². The van der Waals surface area contributed by atoms with Crippen LogP contribution in [0.3, 0.4) is 0 Å². The molecule has 0 saturated heterocycles. The predicted octanol–water partition coefficient (Wildman–Crippen LogP) is 0.819. The van der Waals surface area contributed by atoms with Gasteiger partial charge in [-0.2, -0.15) is 5.90 Å². The van der Waals surface area contributed by atoms with Gasteiger partial charge in [-0.15, -0.1) is 0 Å². The highest BCUT2D eigenvalue weighted by atomic mass is 16.8. The van der Waals surface area contributed by atoms with E-state index in [0.29, 0.717) is 0 Å². The number of rotatable bonds is 4. The summed E-state index contributed by atoms with van der Waals surface area (Å²) in [5, 5.41) is 10.6. The van der Waals surface area contributed by atoms with Crippen molar-refractivity contribution in [3.63, 3.8) is 0 Å². The molecule has 80 valence electrons. The van der Waals surface area contributed by atoms with Crippen LogP contribution in [-0.2, 0) is 4.84 Å². The first kappa shape index (κ1) is 10.9. The zero-order chi connectivity index (χ0) is 11.4. The first-order valence-electron chi connectivity index (χ1n) is 3.76. The lowest BCUT2D eigenvalue weighted by Crippen LogP contribution is -2.05. The summed E-state index contributed by atoms with van der Waals surface area (Å²) in [6.07, 6.45) is 0. The quantitative estimate of drug-likeness (QED) is 0.587. The van der Waals surface area contributed by atoms with Crippen molar-refractivity contribution in [1.82, 2.24) is 0 Å². The van der Waals surface area contributed by atoms with Crippen LogP contribution in [0.15, 0.2) is 18.2 Å². The summed E-state index contributed by atoms with van der Waals surface area (Å²) in [6.45, 7) is 0. The Morgan fingerprint density at radius 3 is 2.53 bits per heavy atom. The zero-order valence-corrected chi connectivity index (χ0v) is 7.75. The third kappa shape index (κ3) is 2.17. The normalized spacial score (nSPS) is 9.47. The molecule has 0 aliphatic carbocycles. The van der Waals surface area contributed by atoms with E-state index in [2.05, 4.69) is 9.68 Å². The number of nitrogens with zero attached hydrogens (tertiary/aromatic N) is 2. The molecule has 0 bridgehead atoms. The van der Waals surface area contributed by atoms with E-state index in [9.17, 15) is 15.0 Å². The molecule has 2 N–H and O–H groups in total. The number of benzene rings is 1. The maximum absolute atomic E-state index is 11.0. The highest BCUT2D eigenvalue weighted by Crippen LogP contribution is 2.30. The van der Waals surface area contributed by atoms with E-state index in [4.69, 9.17) is 5.90 Å². The molecule has 0 unspecified atom stereocenters. The molecule has 0 aromatic heterocycles. The third-order valence-corrected chi connectivity index (χ3v) is 1.64. The van der Waals surface area contributed by atoms with Gasteiger partial charge < -0.3 is 4.84 Å². The van der Waals surface area contributed by atoms with Gasteiger partial charge in [-0.1, -0.05) is 0 Å². The van der Waals surface area contributed by atoms with Gasteiger partial charge in [0.15, 0.2) is 7.11 Å². The molecule has 0 heterocycles. The first-order valence-corrected chi connectivity index (χ1v) is 3.76. The summed E-state index contributed by atoms with van der Waals surface area (Å²) in [5.74, 6) is 4.69. The molecule has 0 radical (unpaired) electrons. The largest absolute Gasteiger partial charge is 0.404 e. The van der Waals surface area contributed by atoms with Gasteiger partial charge in [-0.3, -0.25) is 10.1 Å². The van der Waals surface area contributed by atoms with E-state index in [0.717, 1.165) is 13.2 Å². The highest BCUT2D eigenvalue weighted by Gasteiger charge is 2.23. The van der Waals surface area contributed by atoms with Crippen LogP contribution < -0.4 is 10.7 Å². The van der Waals surface area contributed by atoms with Gasteiger partial charge >= 0.3 is 11.4 Å². The Bertz CT molecular complexity index is 406. The van der Waals surface area contributed by atoms with Crippen molar-refractivity contribution in [1.29, 1.82) is 0 Å². The lowest BCUT2D eigenvalue weighted by atomic mass is 10.2. The van der Waals surface area contributed by atoms with Crippen molar-refractivity contribution in [3.05, 3.63) is 33.2 Å². The summed E-state index contributed by atoms with van der Waals surface area (Å²) in [4.78, 5) is 29.6. The molecule has 8 heteroatoms. The number of hydrogen-bond donors (Lipinski definition) is 1. The lowest BCUT2D eigenvalue weighted by molar-refractivity contribution is -0.736. The average molecular weight is 214 g/mol. The molecule has 15 heavy (non-hydrogen) atoms. The predicted molar refractivity (Wildman–Crippen MR) is 48.2 cm³/mol. The van der Waals surface area contributed by atoms with Crippen molar-refractivity contribution in [3.8, 4) is 5.75 Å². The van der Waals surface area contributed by atoms with E-state index in [1.165, 1.54) is 12.1 Å². The van der Waals surface area contributed by atoms with Crippen LogP contribution in [0.2, 0.25) is 0 Å². The highest BCUT2D eigenvalue weighted by molar-refractivity contribution is 5.53. The van der Waals surface area contributed by atoms with Crippen molar-refractivity contribution < 1.29 is 19.5 Å². The summed E-state index contributed by atoms with van der Waals surface area (Å²) in [5.41, 5.74) is -0.432. The van der Waals surface area contributed by atoms with Gasteiger partial charge in [0.1, 0.15) is 6.07 Å². The van der Waals surface area contributed by atoms with E-state index < -0.39 is 10.6 Å². The average Bonchev–Trinajstić information content (AvgIpc) is 2.27. The molecule has 0 fully saturated rings. The number of nitrogens with two attached hydrogens (primary N) is 1. The molecule has 0 saturated carbocycles. The number of hydrogen-bond acceptors (Lipinski definition) is 6. The fourth-order valence-corrected chi connectivity index (χ4v) is 0.967. The summed E-state index contributed by atoms with van der Waals surface area (Å²) in [7, 11) is 1.15. The van der Waals surface area contributed by atoms with E-state index in [-0.39, 0.29) is 16.4 Å². The molecular formula is C7H8N3O5+. The SMILES string of the molecule is CO[N+](=O)c1ccc(ON)c([N+](=O)[O-])c1. The maximum atomic E-state index is 11.0. The molecular weight excluding hydrogens is 206 g/mol. The zero-order valence-electron chi connectivity index (χ0n) is 7.75. The monoisotopic (exact) mass is 214 g/mol. The fraction of sp³-hybridized carbons (Fsp3) is 0.143. The van der Waals surface area contributed by atoms with Crippen molar-refractivity contribution in [2.45, 2.75) is 0 Å². The van der Waals surface area contributed by atoms with Gasteiger partial charge in [-0.25, -0.2) is 4.84 Å². The van der Waals surface area contributed by atoms with Crippen LogP contribution in [0.5, 0.6) is 5.75 Å². The summed E-state index contributed by atoms with van der Waals surface area (Å²) in [6, 6.07) is 3.49. The smallest absolute Gasteiger partial charge is 0.323 e.